The molecule has 0 aliphatic carbocycles. The molecule has 4 nitrogen and oxygen atoms in total. The van der Waals surface area contributed by atoms with E-state index in [1.54, 1.807) is 12.5 Å². The lowest BCUT2D eigenvalue weighted by atomic mass is 10.1. The molecule has 1 aliphatic rings. The molecule has 0 spiro atoms. The lowest BCUT2D eigenvalue weighted by Gasteiger charge is -2.22. The smallest absolute Gasteiger partial charge is 0.129 e. The minimum Gasteiger partial charge on any atom is -0.378 e. The van der Waals surface area contributed by atoms with Gasteiger partial charge in [0, 0.05) is 19.3 Å². The fraction of sp³-hybridized carbons (Fsp3) is 0.636. The summed E-state index contributed by atoms with van der Waals surface area (Å²) in [5.74, 6) is 0.890. The Hall–Kier alpha value is -1.16. The second-order valence-corrected chi connectivity index (χ2v) is 3.80. The Kier molecular flexibility index (Phi) is 3.91. The van der Waals surface area contributed by atoms with Crippen molar-refractivity contribution in [3.8, 4) is 0 Å². The lowest BCUT2D eigenvalue weighted by Crippen LogP contribution is -2.22. The Bertz CT molecular complexity index is 272. The molecule has 1 N–H and O–H groups in total. The summed E-state index contributed by atoms with van der Waals surface area (Å²) in [7, 11) is 0. The van der Waals surface area contributed by atoms with Crippen molar-refractivity contribution in [2.75, 3.05) is 18.5 Å². The number of nitrogens with one attached hydrogen (secondary N) is 1. The van der Waals surface area contributed by atoms with Gasteiger partial charge in [0.25, 0.3) is 0 Å². The Morgan fingerprint density at radius 1 is 1.47 bits per heavy atom. The number of hydrogen-bond donors (Lipinski definition) is 1. The number of anilines is 1. The minimum absolute atomic E-state index is 0.438. The highest BCUT2D eigenvalue weighted by atomic mass is 16.5. The zero-order valence-corrected chi connectivity index (χ0v) is 8.85. The molecule has 0 amide bonds. The molecule has 15 heavy (non-hydrogen) atoms. The van der Waals surface area contributed by atoms with Gasteiger partial charge in [0.15, 0.2) is 0 Å². The Morgan fingerprint density at radius 3 is 3.20 bits per heavy atom. The van der Waals surface area contributed by atoms with Crippen molar-refractivity contribution in [1.29, 1.82) is 0 Å². The van der Waals surface area contributed by atoms with Crippen LogP contribution in [0.4, 0.5) is 5.82 Å². The van der Waals surface area contributed by atoms with Gasteiger partial charge in [-0.1, -0.05) is 0 Å². The van der Waals surface area contributed by atoms with Gasteiger partial charge in [0.1, 0.15) is 12.1 Å². The minimum atomic E-state index is 0.438. The van der Waals surface area contributed by atoms with E-state index in [4.69, 9.17) is 4.74 Å². The molecule has 2 heterocycles. The first kappa shape index (κ1) is 10.4. The molecule has 0 aromatic carbocycles. The summed E-state index contributed by atoms with van der Waals surface area (Å²) in [5.41, 5.74) is 0. The van der Waals surface area contributed by atoms with Crippen LogP contribution in [0.2, 0.25) is 0 Å². The van der Waals surface area contributed by atoms with Gasteiger partial charge >= 0.3 is 0 Å². The molecule has 1 saturated heterocycles. The maximum absolute atomic E-state index is 5.64. The first-order valence-corrected chi connectivity index (χ1v) is 5.56. The molecule has 1 aliphatic heterocycles. The van der Waals surface area contributed by atoms with E-state index in [0.29, 0.717) is 6.10 Å². The van der Waals surface area contributed by atoms with Crippen LogP contribution in [0.1, 0.15) is 25.7 Å². The van der Waals surface area contributed by atoms with Crippen LogP contribution in [0.15, 0.2) is 18.6 Å². The molecule has 1 aromatic rings. The molecule has 82 valence electrons. The standard InChI is InChI=1S/C11H17N3O/c1-2-8-15-10(3-1)4-7-13-11-5-6-12-9-14-11/h5-6,9-10H,1-4,7-8H2,(H,12,13,14). The van der Waals surface area contributed by atoms with Crippen LogP contribution < -0.4 is 5.32 Å². The number of nitrogens with zero attached hydrogens (tertiary/aromatic N) is 2. The summed E-state index contributed by atoms with van der Waals surface area (Å²) < 4.78 is 5.64. The van der Waals surface area contributed by atoms with Gasteiger partial charge < -0.3 is 10.1 Å². The summed E-state index contributed by atoms with van der Waals surface area (Å²) >= 11 is 0. The fourth-order valence-corrected chi connectivity index (χ4v) is 1.79. The first-order valence-electron chi connectivity index (χ1n) is 5.56. The largest absolute Gasteiger partial charge is 0.378 e. The van der Waals surface area contributed by atoms with Crippen molar-refractivity contribution in [2.45, 2.75) is 31.8 Å². The predicted octanol–water partition coefficient (Wildman–Crippen LogP) is 1.85. The van der Waals surface area contributed by atoms with Crippen molar-refractivity contribution in [2.24, 2.45) is 0 Å². The van der Waals surface area contributed by atoms with Crippen molar-refractivity contribution >= 4 is 5.82 Å². The van der Waals surface area contributed by atoms with Gasteiger partial charge in [-0.25, -0.2) is 9.97 Å². The Balaban J connectivity index is 1.66. The quantitative estimate of drug-likeness (QED) is 0.818. The second kappa shape index (κ2) is 5.66. The average molecular weight is 207 g/mol. The van der Waals surface area contributed by atoms with Gasteiger partial charge in [-0.3, -0.25) is 0 Å². The Labute approximate surface area is 90.1 Å². The third-order valence-corrected chi connectivity index (χ3v) is 2.63. The van der Waals surface area contributed by atoms with Crippen LogP contribution >= 0.6 is 0 Å². The maximum Gasteiger partial charge on any atom is 0.129 e. The molecule has 1 aromatic heterocycles. The Morgan fingerprint density at radius 2 is 2.47 bits per heavy atom. The molecule has 0 bridgehead atoms. The van der Waals surface area contributed by atoms with Crippen LogP contribution in [0.25, 0.3) is 0 Å². The van der Waals surface area contributed by atoms with Crippen LogP contribution in [0, 0.1) is 0 Å². The van der Waals surface area contributed by atoms with Crippen LogP contribution in [-0.4, -0.2) is 29.2 Å². The van der Waals surface area contributed by atoms with Crippen LogP contribution in [-0.2, 0) is 4.74 Å². The molecular weight excluding hydrogens is 190 g/mol. The fourth-order valence-electron chi connectivity index (χ4n) is 1.79. The number of ether oxygens (including phenoxy) is 1. The predicted molar refractivity (Wildman–Crippen MR) is 58.7 cm³/mol. The van der Waals surface area contributed by atoms with E-state index in [9.17, 15) is 0 Å². The highest BCUT2D eigenvalue weighted by Gasteiger charge is 2.12. The summed E-state index contributed by atoms with van der Waals surface area (Å²) in [6.45, 7) is 1.85. The summed E-state index contributed by atoms with van der Waals surface area (Å²) in [5, 5.41) is 3.26. The molecule has 0 radical (unpaired) electrons. The summed E-state index contributed by atoms with van der Waals surface area (Å²) in [6, 6.07) is 1.88. The van der Waals surface area contributed by atoms with Gasteiger partial charge in [-0.15, -0.1) is 0 Å². The van der Waals surface area contributed by atoms with Crippen molar-refractivity contribution < 1.29 is 4.74 Å². The zero-order valence-electron chi connectivity index (χ0n) is 8.85. The molecular formula is C11H17N3O. The monoisotopic (exact) mass is 207 g/mol. The van der Waals surface area contributed by atoms with E-state index >= 15 is 0 Å². The zero-order chi connectivity index (χ0) is 10.3. The van der Waals surface area contributed by atoms with Crippen molar-refractivity contribution in [3.63, 3.8) is 0 Å². The molecule has 0 saturated carbocycles. The van der Waals surface area contributed by atoms with Gasteiger partial charge in [0.2, 0.25) is 0 Å². The second-order valence-electron chi connectivity index (χ2n) is 3.80. The van der Waals surface area contributed by atoms with E-state index in [-0.39, 0.29) is 0 Å². The summed E-state index contributed by atoms with van der Waals surface area (Å²) in [4.78, 5) is 7.97. The van der Waals surface area contributed by atoms with Crippen molar-refractivity contribution in [1.82, 2.24) is 9.97 Å². The molecule has 2 rings (SSSR count). The van der Waals surface area contributed by atoms with Gasteiger partial charge in [-0.2, -0.15) is 0 Å². The molecule has 1 atom stereocenters. The summed E-state index contributed by atoms with van der Waals surface area (Å²) in [6.07, 6.45) is 8.52. The molecule has 1 unspecified atom stereocenters. The van der Waals surface area contributed by atoms with E-state index in [1.165, 1.54) is 19.3 Å². The van der Waals surface area contributed by atoms with Crippen LogP contribution in [0.5, 0.6) is 0 Å². The average Bonchev–Trinajstić information content (AvgIpc) is 2.32. The van der Waals surface area contributed by atoms with E-state index in [2.05, 4.69) is 15.3 Å². The normalized spacial score (nSPS) is 21.2. The van der Waals surface area contributed by atoms with Crippen molar-refractivity contribution in [3.05, 3.63) is 18.6 Å². The highest BCUT2D eigenvalue weighted by molar-refractivity contribution is 5.31. The third-order valence-electron chi connectivity index (χ3n) is 2.63. The maximum atomic E-state index is 5.64. The molecule has 4 heteroatoms. The van der Waals surface area contributed by atoms with Gasteiger partial charge in [0.05, 0.1) is 6.10 Å². The third kappa shape index (κ3) is 3.47. The van der Waals surface area contributed by atoms with Gasteiger partial charge in [-0.05, 0) is 31.7 Å². The SMILES string of the molecule is c1cc(NCCC2CCCCO2)ncn1. The van der Waals surface area contributed by atoms with Crippen LogP contribution in [0.3, 0.4) is 0 Å². The molecule has 1 fully saturated rings. The number of rotatable bonds is 4. The highest BCUT2D eigenvalue weighted by Crippen LogP contribution is 2.15. The topological polar surface area (TPSA) is 47.0 Å². The first-order chi connectivity index (χ1) is 7.45. The number of aromatic nitrogens is 2. The number of hydrogen-bond acceptors (Lipinski definition) is 4. The lowest BCUT2D eigenvalue weighted by molar-refractivity contribution is 0.0134. The van der Waals surface area contributed by atoms with E-state index in [0.717, 1.165) is 25.4 Å². The van der Waals surface area contributed by atoms with E-state index in [1.807, 2.05) is 6.07 Å². The van der Waals surface area contributed by atoms with E-state index < -0.39 is 0 Å².